The quantitative estimate of drug-likeness (QED) is 0.405. The van der Waals surface area contributed by atoms with Gasteiger partial charge in [0.2, 0.25) is 5.56 Å². The van der Waals surface area contributed by atoms with Crippen molar-refractivity contribution in [3.8, 4) is 0 Å². The van der Waals surface area contributed by atoms with Gasteiger partial charge in [0.05, 0.1) is 0 Å². The third kappa shape index (κ3) is 6.28. The molecule has 1 saturated heterocycles. The molecule has 1 heterocycles. The maximum Gasteiger partial charge on any atom is 0.338 e. The van der Waals surface area contributed by atoms with Crippen LogP contribution in [0.15, 0.2) is 12.2 Å². The van der Waals surface area contributed by atoms with Crippen LogP contribution in [-0.4, -0.2) is 41.8 Å². The molecule has 1 aliphatic rings. The Labute approximate surface area is 127 Å². The van der Waals surface area contributed by atoms with E-state index in [4.69, 9.17) is 10.5 Å². The summed E-state index contributed by atoms with van der Waals surface area (Å²) in [6, 6.07) is -0.863. The molecule has 0 aliphatic carbocycles. The minimum absolute atomic E-state index is 0.0929. The Balaban J connectivity index is 2.36. The van der Waals surface area contributed by atoms with Crippen LogP contribution < -0.4 is 11.1 Å². The minimum Gasteiger partial charge on any atom is -0.434 e. The number of hydrogen-bond donors (Lipinski definition) is 2. The van der Waals surface area contributed by atoms with E-state index >= 15 is 0 Å². The zero-order valence-electron chi connectivity index (χ0n) is 12.0. The van der Waals surface area contributed by atoms with E-state index < -0.39 is 29.5 Å². The molecule has 21 heavy (non-hydrogen) atoms. The Morgan fingerprint density at radius 1 is 1.38 bits per heavy atom. The fourth-order valence-electron chi connectivity index (χ4n) is 1.45. The molecule has 0 aromatic rings. The molecule has 0 spiro atoms. The van der Waals surface area contributed by atoms with Gasteiger partial charge >= 0.3 is 17.9 Å². The molecule has 0 aromatic heterocycles. The van der Waals surface area contributed by atoms with E-state index in [1.54, 1.807) is 6.92 Å². The number of hydrogen-bond acceptors (Lipinski definition) is 8. The van der Waals surface area contributed by atoms with Gasteiger partial charge in [0.1, 0.15) is 6.04 Å². The van der Waals surface area contributed by atoms with Crippen LogP contribution in [0.5, 0.6) is 0 Å². The fraction of sp³-hybridized carbons (Fsp3) is 0.615. The molecule has 7 nitrogen and oxygen atoms in total. The summed E-state index contributed by atoms with van der Waals surface area (Å²) in [4.78, 5) is 34.3. The third-order valence-corrected chi connectivity index (χ3v) is 4.00. The Kier molecular flexibility index (Phi) is 7.41. The van der Waals surface area contributed by atoms with Crippen LogP contribution in [0.3, 0.4) is 0 Å². The molecule has 1 fully saturated rings. The summed E-state index contributed by atoms with van der Waals surface area (Å²) in [5, 5.41) is 2.94. The molecule has 118 valence electrons. The van der Waals surface area contributed by atoms with E-state index in [0.29, 0.717) is 6.42 Å². The van der Waals surface area contributed by atoms with Crippen LogP contribution in [0.4, 0.5) is 0 Å². The van der Waals surface area contributed by atoms with E-state index in [9.17, 15) is 14.4 Å². The largest absolute Gasteiger partial charge is 0.434 e. The zero-order chi connectivity index (χ0) is 15.8. The highest BCUT2D eigenvalue weighted by Gasteiger charge is 2.23. The highest BCUT2D eigenvalue weighted by Crippen LogP contribution is 2.14. The molecule has 1 unspecified atom stereocenters. The first-order chi connectivity index (χ1) is 9.93. The van der Waals surface area contributed by atoms with Crippen molar-refractivity contribution in [3.63, 3.8) is 0 Å². The lowest BCUT2D eigenvalue weighted by Crippen LogP contribution is -2.38. The first-order valence-electron chi connectivity index (χ1n) is 6.69. The lowest BCUT2D eigenvalue weighted by Gasteiger charge is -2.15. The van der Waals surface area contributed by atoms with Crippen molar-refractivity contribution in [2.24, 2.45) is 11.7 Å². The van der Waals surface area contributed by atoms with Gasteiger partial charge in [0.15, 0.2) is 0 Å². The SMILES string of the molecule is CC[C@H](C)[C@H](N)C(=O)OC(=O)/C=C/C(=O)OC1NCCS1. The van der Waals surface area contributed by atoms with Gasteiger partial charge in [-0.2, -0.15) is 0 Å². The van der Waals surface area contributed by atoms with Gasteiger partial charge in [-0.05, 0) is 5.92 Å². The lowest BCUT2D eigenvalue weighted by atomic mass is 10.0. The maximum absolute atomic E-state index is 11.5. The molecule has 8 heteroatoms. The predicted molar refractivity (Wildman–Crippen MR) is 78.0 cm³/mol. The van der Waals surface area contributed by atoms with Crippen molar-refractivity contribution in [2.45, 2.75) is 31.9 Å². The smallest absolute Gasteiger partial charge is 0.338 e. The van der Waals surface area contributed by atoms with E-state index in [2.05, 4.69) is 10.1 Å². The Morgan fingerprint density at radius 2 is 2.05 bits per heavy atom. The van der Waals surface area contributed by atoms with Gasteiger partial charge in [-0.25, -0.2) is 14.4 Å². The molecule has 3 N–H and O–H groups in total. The third-order valence-electron chi connectivity index (χ3n) is 2.99. The number of thioether (sulfide) groups is 1. The first kappa shape index (κ1) is 17.7. The number of rotatable bonds is 6. The Hall–Kier alpha value is -1.38. The summed E-state index contributed by atoms with van der Waals surface area (Å²) in [6.45, 7) is 4.43. The summed E-state index contributed by atoms with van der Waals surface area (Å²) in [5.41, 5.74) is 5.23. The van der Waals surface area contributed by atoms with Crippen molar-refractivity contribution in [3.05, 3.63) is 12.2 Å². The van der Waals surface area contributed by atoms with Crippen LogP contribution in [0.2, 0.25) is 0 Å². The van der Waals surface area contributed by atoms with Gasteiger partial charge in [-0.1, -0.05) is 20.3 Å². The van der Waals surface area contributed by atoms with Gasteiger partial charge in [0, 0.05) is 24.4 Å². The maximum atomic E-state index is 11.5. The second-order valence-electron chi connectivity index (χ2n) is 4.58. The summed E-state index contributed by atoms with van der Waals surface area (Å²) >= 11 is 1.45. The van der Waals surface area contributed by atoms with Gasteiger partial charge in [-0.3, -0.25) is 5.32 Å². The normalized spacial score (nSPS) is 21.0. The molecule has 1 rings (SSSR count). The number of esters is 3. The number of nitrogens with two attached hydrogens (primary N) is 1. The molecule has 3 atom stereocenters. The van der Waals surface area contributed by atoms with Crippen LogP contribution in [0.25, 0.3) is 0 Å². The van der Waals surface area contributed by atoms with Crippen molar-refractivity contribution in [1.82, 2.24) is 5.32 Å². The molecule has 0 aromatic carbocycles. The summed E-state index contributed by atoms with van der Waals surface area (Å²) in [7, 11) is 0. The van der Waals surface area contributed by atoms with E-state index in [1.165, 1.54) is 11.8 Å². The van der Waals surface area contributed by atoms with Crippen LogP contribution in [0, 0.1) is 5.92 Å². The number of nitrogens with one attached hydrogen (secondary N) is 1. The molecule has 1 aliphatic heterocycles. The molecular weight excluding hydrogens is 296 g/mol. The van der Waals surface area contributed by atoms with Crippen molar-refractivity contribution < 1.29 is 23.9 Å². The average molecular weight is 316 g/mol. The van der Waals surface area contributed by atoms with Crippen molar-refractivity contribution in [1.29, 1.82) is 0 Å². The number of carbonyl (C=O) groups excluding carboxylic acids is 3. The Bertz CT molecular complexity index is 421. The standard InChI is InChI=1S/C13H20N2O5S/c1-3-8(2)11(14)12(18)19-9(16)4-5-10(17)20-13-15-6-7-21-13/h4-5,8,11,13,15H,3,6-7,14H2,1-2H3/b5-4+/t8-,11-,13?/m0/s1. The summed E-state index contributed by atoms with van der Waals surface area (Å²) in [5.74, 6) is -1.67. The predicted octanol–water partition coefficient (Wildman–Crippen LogP) is 0.149. The van der Waals surface area contributed by atoms with E-state index in [0.717, 1.165) is 24.4 Å². The highest BCUT2D eigenvalue weighted by molar-refractivity contribution is 8.00. The van der Waals surface area contributed by atoms with Gasteiger partial charge < -0.3 is 15.2 Å². The van der Waals surface area contributed by atoms with Crippen molar-refractivity contribution >= 4 is 29.7 Å². The van der Waals surface area contributed by atoms with Gasteiger partial charge in [-0.15, -0.1) is 11.8 Å². The second kappa shape index (κ2) is 8.81. The topological polar surface area (TPSA) is 108 Å². The van der Waals surface area contributed by atoms with Crippen LogP contribution >= 0.6 is 11.8 Å². The summed E-state index contributed by atoms with van der Waals surface area (Å²) in [6.07, 6.45) is 2.47. The average Bonchev–Trinajstić information content (AvgIpc) is 2.96. The number of carbonyl (C=O) groups is 3. The summed E-state index contributed by atoms with van der Waals surface area (Å²) < 4.78 is 9.52. The van der Waals surface area contributed by atoms with Crippen molar-refractivity contribution in [2.75, 3.05) is 12.3 Å². The van der Waals surface area contributed by atoms with E-state index in [-0.39, 0.29) is 5.92 Å². The second-order valence-corrected chi connectivity index (χ2v) is 5.75. The molecule has 0 radical (unpaired) electrons. The minimum atomic E-state index is -0.942. The highest BCUT2D eigenvalue weighted by atomic mass is 32.2. The van der Waals surface area contributed by atoms with Crippen LogP contribution in [-0.2, 0) is 23.9 Å². The molecule has 0 saturated carbocycles. The first-order valence-corrected chi connectivity index (χ1v) is 7.73. The molecule has 0 bridgehead atoms. The monoisotopic (exact) mass is 316 g/mol. The molecule has 0 amide bonds. The van der Waals surface area contributed by atoms with Crippen LogP contribution in [0.1, 0.15) is 20.3 Å². The number of ether oxygens (including phenoxy) is 2. The fourth-order valence-corrected chi connectivity index (χ4v) is 2.29. The molecular formula is C13H20N2O5S. The van der Waals surface area contributed by atoms with Gasteiger partial charge in [0.25, 0.3) is 0 Å². The lowest BCUT2D eigenvalue weighted by molar-refractivity contribution is -0.158. The Morgan fingerprint density at radius 3 is 2.62 bits per heavy atom. The van der Waals surface area contributed by atoms with E-state index in [1.807, 2.05) is 6.92 Å². The zero-order valence-corrected chi connectivity index (χ0v) is 12.9.